The average molecular weight is 375 g/mol. The first-order valence-electron chi connectivity index (χ1n) is 9.62. The molecule has 4 nitrogen and oxygen atoms in total. The topological polar surface area (TPSA) is 49.8 Å². The Morgan fingerprint density at radius 1 is 1.26 bits per heavy atom. The van der Waals surface area contributed by atoms with Gasteiger partial charge in [-0.25, -0.2) is 9.18 Å². The van der Waals surface area contributed by atoms with Crippen molar-refractivity contribution >= 4 is 11.7 Å². The number of cyclic esters (lactones) is 1. The number of nitrogens with zero attached hydrogens (tertiary/aromatic N) is 1. The van der Waals surface area contributed by atoms with Crippen molar-refractivity contribution in [1.29, 1.82) is 0 Å². The summed E-state index contributed by atoms with van der Waals surface area (Å²) in [6, 6.07) is 3.00. The molecule has 1 aromatic rings. The van der Waals surface area contributed by atoms with Crippen molar-refractivity contribution in [2.75, 3.05) is 13.7 Å². The molecule has 1 aromatic carbocycles. The first-order valence-corrected chi connectivity index (χ1v) is 9.62. The number of amides is 1. The van der Waals surface area contributed by atoms with Gasteiger partial charge in [-0.2, -0.15) is 0 Å². The van der Waals surface area contributed by atoms with E-state index >= 15 is 0 Å². The van der Waals surface area contributed by atoms with Crippen LogP contribution in [0.3, 0.4) is 0 Å². The van der Waals surface area contributed by atoms with Gasteiger partial charge in [-0.3, -0.25) is 4.90 Å². The highest BCUT2D eigenvalue weighted by molar-refractivity contribution is 5.79. The standard InChI is InChI=1S/C22H30FNO3/c1-13(2)15-9-16(19(25)10-18(15)23)14-7-8-21(3,4)11-17(14)22(5)12-27-20(26)24(22)6/h9-10,13,25H,7-8,11-12H2,1-6H3. The molecular weight excluding hydrogens is 345 g/mol. The molecule has 1 atom stereocenters. The van der Waals surface area contributed by atoms with Crippen LogP contribution in [0.1, 0.15) is 70.9 Å². The maximum Gasteiger partial charge on any atom is 0.410 e. The molecule has 0 bridgehead atoms. The summed E-state index contributed by atoms with van der Waals surface area (Å²) in [6.45, 7) is 10.6. The molecule has 2 aliphatic rings. The van der Waals surface area contributed by atoms with Gasteiger partial charge in [-0.05, 0) is 60.3 Å². The summed E-state index contributed by atoms with van der Waals surface area (Å²) in [7, 11) is 1.76. The summed E-state index contributed by atoms with van der Waals surface area (Å²) in [5, 5.41) is 10.6. The fraction of sp³-hybridized carbons (Fsp3) is 0.591. The van der Waals surface area contributed by atoms with Crippen LogP contribution in [0.5, 0.6) is 5.75 Å². The summed E-state index contributed by atoms with van der Waals surface area (Å²) in [4.78, 5) is 13.7. The van der Waals surface area contributed by atoms with E-state index in [-0.39, 0.29) is 35.6 Å². The van der Waals surface area contributed by atoms with Gasteiger partial charge in [0, 0.05) is 18.7 Å². The molecule has 1 heterocycles. The molecule has 1 aliphatic heterocycles. The van der Waals surface area contributed by atoms with Crippen LogP contribution < -0.4 is 0 Å². The van der Waals surface area contributed by atoms with Crippen molar-refractivity contribution in [2.24, 2.45) is 5.41 Å². The predicted molar refractivity (Wildman–Crippen MR) is 104 cm³/mol. The van der Waals surface area contributed by atoms with E-state index in [1.807, 2.05) is 20.8 Å². The second-order valence-corrected chi connectivity index (χ2v) is 9.23. The number of allylic oxidation sites excluding steroid dienone is 1. The minimum absolute atomic E-state index is 0.0167. The van der Waals surface area contributed by atoms with Crippen LogP contribution in [0.2, 0.25) is 0 Å². The summed E-state index contributed by atoms with van der Waals surface area (Å²) in [5.74, 6) is -0.407. The van der Waals surface area contributed by atoms with Crippen molar-refractivity contribution in [3.8, 4) is 5.75 Å². The van der Waals surface area contributed by atoms with Gasteiger partial charge in [0.05, 0.1) is 5.54 Å². The predicted octanol–water partition coefficient (Wildman–Crippen LogP) is 5.46. The second-order valence-electron chi connectivity index (χ2n) is 9.23. The molecule has 148 valence electrons. The van der Waals surface area contributed by atoms with Crippen molar-refractivity contribution in [3.63, 3.8) is 0 Å². The third kappa shape index (κ3) is 3.32. The quantitative estimate of drug-likeness (QED) is 0.763. The summed E-state index contributed by atoms with van der Waals surface area (Å²) < 4.78 is 19.6. The Balaban J connectivity index is 2.22. The van der Waals surface area contributed by atoms with Crippen LogP contribution in [0.15, 0.2) is 17.7 Å². The third-order valence-corrected chi connectivity index (χ3v) is 6.27. The van der Waals surface area contributed by atoms with Gasteiger partial charge in [0.1, 0.15) is 18.2 Å². The first-order chi connectivity index (χ1) is 12.5. The zero-order chi connectivity index (χ0) is 20.1. The highest BCUT2D eigenvalue weighted by atomic mass is 19.1. The lowest BCUT2D eigenvalue weighted by molar-refractivity contribution is 0.162. The minimum atomic E-state index is -0.567. The largest absolute Gasteiger partial charge is 0.507 e. The number of rotatable bonds is 3. The summed E-state index contributed by atoms with van der Waals surface area (Å²) >= 11 is 0. The summed E-state index contributed by atoms with van der Waals surface area (Å²) in [6.07, 6.45) is 2.21. The molecule has 1 fully saturated rings. The molecule has 1 amide bonds. The Morgan fingerprint density at radius 3 is 2.48 bits per heavy atom. The van der Waals surface area contributed by atoms with Gasteiger partial charge in [0.25, 0.3) is 0 Å². The lowest BCUT2D eigenvalue weighted by atomic mass is 9.67. The molecule has 3 rings (SSSR count). The van der Waals surface area contributed by atoms with E-state index in [0.29, 0.717) is 11.1 Å². The third-order valence-electron chi connectivity index (χ3n) is 6.27. The first kappa shape index (κ1) is 19.7. The van der Waals surface area contributed by atoms with E-state index in [9.17, 15) is 14.3 Å². The zero-order valence-corrected chi connectivity index (χ0v) is 17.1. The minimum Gasteiger partial charge on any atom is -0.507 e. The van der Waals surface area contributed by atoms with Crippen LogP contribution in [-0.2, 0) is 4.74 Å². The smallest absolute Gasteiger partial charge is 0.410 e. The van der Waals surface area contributed by atoms with E-state index in [2.05, 4.69) is 13.8 Å². The molecule has 0 radical (unpaired) electrons. The normalized spacial score (nSPS) is 25.3. The lowest BCUT2D eigenvalue weighted by Crippen LogP contribution is -2.46. The SMILES string of the molecule is CC(C)c1cc(C2=C(C3(C)COC(=O)N3C)CC(C)(C)CC2)c(O)cc1F. The van der Waals surface area contributed by atoms with Gasteiger partial charge < -0.3 is 9.84 Å². The van der Waals surface area contributed by atoms with Gasteiger partial charge in [0.2, 0.25) is 0 Å². The number of halogens is 1. The molecule has 27 heavy (non-hydrogen) atoms. The Labute approximate surface area is 161 Å². The fourth-order valence-corrected chi connectivity index (χ4v) is 4.25. The number of hydrogen-bond acceptors (Lipinski definition) is 3. The van der Waals surface area contributed by atoms with E-state index in [1.54, 1.807) is 18.0 Å². The number of hydrogen-bond donors (Lipinski definition) is 1. The number of phenols is 1. The van der Waals surface area contributed by atoms with Gasteiger partial charge in [0.15, 0.2) is 0 Å². The highest BCUT2D eigenvalue weighted by Crippen LogP contribution is 2.50. The average Bonchev–Trinajstić information content (AvgIpc) is 2.83. The monoisotopic (exact) mass is 375 g/mol. The number of ether oxygens (including phenoxy) is 1. The zero-order valence-electron chi connectivity index (χ0n) is 17.1. The van der Waals surface area contributed by atoms with Crippen molar-refractivity contribution in [3.05, 3.63) is 34.6 Å². The Bertz CT molecular complexity index is 812. The number of benzene rings is 1. The summed E-state index contributed by atoms with van der Waals surface area (Å²) in [5.41, 5.74) is 2.91. The van der Waals surface area contributed by atoms with E-state index in [0.717, 1.165) is 30.4 Å². The van der Waals surface area contributed by atoms with E-state index < -0.39 is 5.54 Å². The van der Waals surface area contributed by atoms with Crippen LogP contribution >= 0.6 is 0 Å². The van der Waals surface area contributed by atoms with Gasteiger partial charge >= 0.3 is 6.09 Å². The van der Waals surface area contributed by atoms with Crippen LogP contribution in [0, 0.1) is 11.2 Å². The molecular formula is C22H30FNO3. The Morgan fingerprint density at radius 2 is 1.93 bits per heavy atom. The van der Waals surface area contributed by atoms with Gasteiger partial charge in [-0.15, -0.1) is 0 Å². The Hall–Kier alpha value is -2.04. The molecule has 1 N–H and O–H groups in total. The number of carbonyl (C=O) groups is 1. The van der Waals surface area contributed by atoms with E-state index in [4.69, 9.17) is 4.74 Å². The van der Waals surface area contributed by atoms with E-state index in [1.165, 1.54) is 6.07 Å². The number of carbonyl (C=O) groups excluding carboxylic acids is 1. The maximum atomic E-state index is 14.3. The number of phenolic OH excluding ortho intramolecular Hbond substituents is 1. The maximum absolute atomic E-state index is 14.3. The molecule has 0 aromatic heterocycles. The van der Waals surface area contributed by atoms with Crippen molar-refractivity contribution in [2.45, 2.75) is 65.3 Å². The molecule has 0 spiro atoms. The molecule has 1 aliphatic carbocycles. The lowest BCUT2D eigenvalue weighted by Gasteiger charge is -2.42. The number of aromatic hydroxyl groups is 1. The Kier molecular flexibility index (Phi) is 4.77. The fourth-order valence-electron chi connectivity index (χ4n) is 4.25. The van der Waals surface area contributed by atoms with Crippen LogP contribution in [0.4, 0.5) is 9.18 Å². The molecule has 1 unspecified atom stereocenters. The van der Waals surface area contributed by atoms with Crippen molar-refractivity contribution < 1.29 is 19.0 Å². The highest BCUT2D eigenvalue weighted by Gasteiger charge is 2.47. The van der Waals surface area contributed by atoms with Crippen molar-refractivity contribution in [1.82, 2.24) is 4.90 Å². The second kappa shape index (κ2) is 6.54. The molecule has 0 saturated carbocycles. The van der Waals surface area contributed by atoms with Crippen LogP contribution in [0.25, 0.3) is 5.57 Å². The molecule has 1 saturated heterocycles. The molecule has 5 heteroatoms. The van der Waals surface area contributed by atoms with Crippen LogP contribution in [-0.4, -0.2) is 35.3 Å². The van der Waals surface area contributed by atoms with Gasteiger partial charge in [-0.1, -0.05) is 27.7 Å². The number of likely N-dealkylation sites (N-methyl/N-ethyl adjacent to an activating group) is 1.